The van der Waals surface area contributed by atoms with Crippen molar-refractivity contribution in [1.82, 2.24) is 4.90 Å². The number of carbonyl (C=O) groups is 1. The summed E-state index contributed by atoms with van der Waals surface area (Å²) in [5.74, 6) is 1.03. The molecule has 0 radical (unpaired) electrons. The Bertz CT molecular complexity index is 490. The Hall–Kier alpha value is -1.51. The molecule has 1 aromatic carbocycles. The van der Waals surface area contributed by atoms with E-state index >= 15 is 0 Å². The van der Waals surface area contributed by atoms with Gasteiger partial charge in [-0.15, -0.1) is 0 Å². The molecule has 0 saturated carbocycles. The van der Waals surface area contributed by atoms with Crippen LogP contribution >= 0.6 is 0 Å². The molecule has 108 valence electrons. The molecule has 2 aliphatic heterocycles. The molecule has 20 heavy (non-hydrogen) atoms. The number of amides is 1. The molecule has 0 unspecified atom stereocenters. The molecule has 0 atom stereocenters. The molecular formula is C17H24N2O. The maximum atomic E-state index is 12.6. The van der Waals surface area contributed by atoms with E-state index in [0.29, 0.717) is 0 Å². The van der Waals surface area contributed by atoms with Crippen molar-refractivity contribution in [3.63, 3.8) is 0 Å². The number of hydrogen-bond acceptors (Lipinski definition) is 2. The van der Waals surface area contributed by atoms with E-state index in [4.69, 9.17) is 0 Å². The molecule has 0 bridgehead atoms. The number of rotatable bonds is 3. The smallest absolute Gasteiger partial charge is 0.253 e. The third kappa shape index (κ3) is 2.67. The molecular weight excluding hydrogens is 248 g/mol. The highest BCUT2D eigenvalue weighted by molar-refractivity contribution is 5.95. The van der Waals surface area contributed by atoms with Crippen LogP contribution in [0.2, 0.25) is 0 Å². The molecule has 1 fully saturated rings. The van der Waals surface area contributed by atoms with Gasteiger partial charge in [-0.2, -0.15) is 0 Å². The average Bonchev–Trinajstić information content (AvgIpc) is 2.95. The van der Waals surface area contributed by atoms with E-state index in [-0.39, 0.29) is 5.91 Å². The topological polar surface area (TPSA) is 32.3 Å². The standard InChI is InChI=1S/C17H24N2O/c1-2-3-13-7-10-19(11-8-13)17(20)15-5-4-14-6-9-18-16(14)12-15/h4-5,12-13,18H,2-3,6-11H2,1H3. The van der Waals surface area contributed by atoms with E-state index in [1.165, 1.54) is 31.2 Å². The van der Waals surface area contributed by atoms with Crippen molar-refractivity contribution < 1.29 is 4.79 Å². The van der Waals surface area contributed by atoms with E-state index in [0.717, 1.165) is 43.2 Å². The average molecular weight is 272 g/mol. The molecule has 3 rings (SSSR count). The molecule has 0 spiro atoms. The minimum absolute atomic E-state index is 0.205. The Morgan fingerprint density at radius 1 is 1.35 bits per heavy atom. The fourth-order valence-electron chi connectivity index (χ4n) is 3.44. The van der Waals surface area contributed by atoms with Crippen LogP contribution < -0.4 is 5.32 Å². The van der Waals surface area contributed by atoms with Gasteiger partial charge >= 0.3 is 0 Å². The summed E-state index contributed by atoms with van der Waals surface area (Å²) in [6.07, 6.45) is 5.98. The van der Waals surface area contributed by atoms with E-state index in [1.54, 1.807) is 0 Å². The lowest BCUT2D eigenvalue weighted by atomic mass is 9.92. The fourth-order valence-corrected chi connectivity index (χ4v) is 3.44. The first-order valence-corrected chi connectivity index (χ1v) is 7.94. The predicted octanol–water partition coefficient (Wildman–Crippen LogP) is 3.31. The highest BCUT2D eigenvalue weighted by Crippen LogP contribution is 2.26. The third-order valence-corrected chi connectivity index (χ3v) is 4.67. The molecule has 1 amide bonds. The van der Waals surface area contributed by atoms with Gasteiger partial charge in [0.2, 0.25) is 0 Å². The zero-order valence-electron chi connectivity index (χ0n) is 12.3. The van der Waals surface area contributed by atoms with Crippen LogP contribution in [-0.2, 0) is 6.42 Å². The van der Waals surface area contributed by atoms with Gasteiger partial charge in [-0.25, -0.2) is 0 Å². The Morgan fingerprint density at radius 3 is 2.90 bits per heavy atom. The van der Waals surface area contributed by atoms with Crippen molar-refractivity contribution in [1.29, 1.82) is 0 Å². The van der Waals surface area contributed by atoms with Crippen molar-refractivity contribution in [2.24, 2.45) is 5.92 Å². The van der Waals surface area contributed by atoms with Gasteiger partial charge in [0.05, 0.1) is 0 Å². The number of nitrogens with one attached hydrogen (secondary N) is 1. The molecule has 1 N–H and O–H groups in total. The second-order valence-corrected chi connectivity index (χ2v) is 6.07. The van der Waals surface area contributed by atoms with Crippen LogP contribution in [0.15, 0.2) is 18.2 Å². The summed E-state index contributed by atoms with van der Waals surface area (Å²) in [7, 11) is 0. The summed E-state index contributed by atoms with van der Waals surface area (Å²) in [5, 5.41) is 3.35. The van der Waals surface area contributed by atoms with Crippen molar-refractivity contribution in [2.75, 3.05) is 25.0 Å². The lowest BCUT2D eigenvalue weighted by Crippen LogP contribution is -2.38. The van der Waals surface area contributed by atoms with Crippen LogP contribution in [0.25, 0.3) is 0 Å². The Labute approximate surface area is 121 Å². The van der Waals surface area contributed by atoms with E-state index in [2.05, 4.69) is 18.3 Å². The Balaban J connectivity index is 1.65. The van der Waals surface area contributed by atoms with Gasteiger partial charge in [0.25, 0.3) is 5.91 Å². The fraction of sp³-hybridized carbons (Fsp3) is 0.588. The molecule has 2 aliphatic rings. The molecule has 0 aliphatic carbocycles. The zero-order chi connectivity index (χ0) is 13.9. The predicted molar refractivity (Wildman–Crippen MR) is 82.2 cm³/mol. The monoisotopic (exact) mass is 272 g/mol. The normalized spacial score (nSPS) is 18.8. The maximum Gasteiger partial charge on any atom is 0.253 e. The number of anilines is 1. The second kappa shape index (κ2) is 5.86. The zero-order valence-corrected chi connectivity index (χ0v) is 12.3. The van der Waals surface area contributed by atoms with Crippen LogP contribution in [0.3, 0.4) is 0 Å². The first-order valence-electron chi connectivity index (χ1n) is 7.94. The summed E-state index contributed by atoms with van der Waals surface area (Å²) in [4.78, 5) is 14.6. The van der Waals surface area contributed by atoms with E-state index in [9.17, 15) is 4.79 Å². The van der Waals surface area contributed by atoms with Gasteiger partial charge in [-0.1, -0.05) is 25.8 Å². The van der Waals surface area contributed by atoms with Gasteiger partial charge in [0.15, 0.2) is 0 Å². The lowest BCUT2D eigenvalue weighted by molar-refractivity contribution is 0.0686. The van der Waals surface area contributed by atoms with E-state index < -0.39 is 0 Å². The molecule has 3 nitrogen and oxygen atoms in total. The SMILES string of the molecule is CCCC1CCN(C(=O)c2ccc3c(c2)NCC3)CC1. The third-order valence-electron chi connectivity index (χ3n) is 4.67. The molecule has 2 heterocycles. The lowest BCUT2D eigenvalue weighted by Gasteiger charge is -2.32. The van der Waals surface area contributed by atoms with Crippen LogP contribution in [-0.4, -0.2) is 30.4 Å². The van der Waals surface area contributed by atoms with Crippen molar-refractivity contribution in [3.05, 3.63) is 29.3 Å². The molecule has 1 aromatic rings. The minimum Gasteiger partial charge on any atom is -0.384 e. The largest absolute Gasteiger partial charge is 0.384 e. The number of nitrogens with zero attached hydrogens (tertiary/aromatic N) is 1. The molecule has 1 saturated heterocycles. The number of benzene rings is 1. The molecule has 0 aromatic heterocycles. The number of piperidine rings is 1. The van der Waals surface area contributed by atoms with Crippen LogP contribution in [0, 0.1) is 5.92 Å². The Morgan fingerprint density at radius 2 is 2.15 bits per heavy atom. The molecule has 3 heteroatoms. The summed E-state index contributed by atoms with van der Waals surface area (Å²) in [6.45, 7) is 5.09. The second-order valence-electron chi connectivity index (χ2n) is 6.07. The van der Waals surface area contributed by atoms with Gasteiger partial charge in [0.1, 0.15) is 0 Å². The maximum absolute atomic E-state index is 12.6. The van der Waals surface area contributed by atoms with Crippen molar-refractivity contribution in [2.45, 2.75) is 39.0 Å². The van der Waals surface area contributed by atoms with Crippen molar-refractivity contribution in [3.8, 4) is 0 Å². The highest BCUT2D eigenvalue weighted by Gasteiger charge is 2.24. The first kappa shape index (κ1) is 13.5. The van der Waals surface area contributed by atoms with Gasteiger partial charge in [0, 0.05) is 30.9 Å². The first-order chi connectivity index (χ1) is 9.78. The van der Waals surface area contributed by atoms with E-state index in [1.807, 2.05) is 17.0 Å². The highest BCUT2D eigenvalue weighted by atomic mass is 16.2. The summed E-state index contributed by atoms with van der Waals surface area (Å²) >= 11 is 0. The summed E-state index contributed by atoms with van der Waals surface area (Å²) < 4.78 is 0. The van der Waals surface area contributed by atoms with Crippen LogP contribution in [0.1, 0.15) is 48.5 Å². The Kier molecular flexibility index (Phi) is 3.95. The number of fused-ring (bicyclic) bond motifs is 1. The van der Waals surface area contributed by atoms with Gasteiger partial charge in [-0.05, 0) is 42.9 Å². The number of likely N-dealkylation sites (tertiary alicyclic amines) is 1. The van der Waals surface area contributed by atoms with Gasteiger partial charge in [-0.3, -0.25) is 4.79 Å². The number of hydrogen-bond donors (Lipinski definition) is 1. The quantitative estimate of drug-likeness (QED) is 0.915. The summed E-state index contributed by atoms with van der Waals surface area (Å²) in [5.41, 5.74) is 3.33. The number of carbonyl (C=O) groups excluding carboxylic acids is 1. The summed E-state index contributed by atoms with van der Waals surface area (Å²) in [6, 6.07) is 6.13. The van der Waals surface area contributed by atoms with Crippen molar-refractivity contribution >= 4 is 11.6 Å². The minimum atomic E-state index is 0.205. The van der Waals surface area contributed by atoms with Crippen LogP contribution in [0.4, 0.5) is 5.69 Å². The van der Waals surface area contributed by atoms with Crippen LogP contribution in [0.5, 0.6) is 0 Å². The van der Waals surface area contributed by atoms with Gasteiger partial charge < -0.3 is 10.2 Å².